The molecule has 0 spiro atoms. The summed E-state index contributed by atoms with van der Waals surface area (Å²) < 4.78 is 5.01. The first-order valence-electron chi connectivity index (χ1n) is 3.93. The van der Waals surface area contributed by atoms with Crippen molar-refractivity contribution in [3.05, 3.63) is 0 Å². The minimum atomic E-state index is -0.203. The van der Waals surface area contributed by atoms with Crippen molar-refractivity contribution in [1.82, 2.24) is 4.90 Å². The van der Waals surface area contributed by atoms with Gasteiger partial charge in [0.2, 0.25) is 0 Å². The summed E-state index contributed by atoms with van der Waals surface area (Å²) >= 11 is 0. The lowest BCUT2D eigenvalue weighted by molar-refractivity contribution is 0.130. The molecule has 1 saturated heterocycles. The topological polar surface area (TPSA) is 55.6 Å². The molecule has 0 aromatic heterocycles. The van der Waals surface area contributed by atoms with Gasteiger partial charge >= 0.3 is 6.09 Å². The van der Waals surface area contributed by atoms with E-state index in [2.05, 4.69) is 0 Å². The van der Waals surface area contributed by atoms with Gasteiger partial charge in [-0.05, 0) is 19.9 Å². The van der Waals surface area contributed by atoms with Crippen molar-refractivity contribution in [3.63, 3.8) is 0 Å². The largest absolute Gasteiger partial charge is 0.444 e. The molecule has 72 valence electrons. The highest BCUT2D eigenvalue weighted by atomic mass is 35.5. The summed E-state index contributed by atoms with van der Waals surface area (Å²) in [5.41, 5.74) is 5.33. The fourth-order valence-corrected chi connectivity index (χ4v) is 1.17. The Morgan fingerprint density at radius 1 is 1.75 bits per heavy atom. The Labute approximate surface area is 78.5 Å². The molecule has 1 unspecified atom stereocenters. The Bertz CT molecular complexity index is 154. The summed E-state index contributed by atoms with van der Waals surface area (Å²) in [6.45, 7) is 3.94. The van der Waals surface area contributed by atoms with Gasteiger partial charge in [0.25, 0.3) is 0 Å². The predicted octanol–water partition coefficient (Wildman–Crippen LogP) is 0.598. The molecule has 1 heterocycles. The number of hydrogen-bond acceptors (Lipinski definition) is 3. The van der Waals surface area contributed by atoms with E-state index < -0.39 is 0 Å². The summed E-state index contributed by atoms with van der Waals surface area (Å²) in [5, 5.41) is 0. The Kier molecular flexibility index (Phi) is 5.01. The third-order valence-electron chi connectivity index (χ3n) is 1.82. The van der Waals surface area contributed by atoms with Crippen molar-refractivity contribution >= 4 is 18.5 Å². The van der Waals surface area contributed by atoms with Crippen molar-refractivity contribution in [2.24, 2.45) is 5.73 Å². The predicted molar refractivity (Wildman–Crippen MR) is 48.4 cm³/mol. The quantitative estimate of drug-likeness (QED) is 0.716. The number of carbonyl (C=O) groups excluding carboxylic acids is 1. The molecular weight excluding hydrogens is 180 g/mol. The third-order valence-corrected chi connectivity index (χ3v) is 1.82. The second-order valence-electron chi connectivity index (χ2n) is 2.62. The Hall–Kier alpha value is -0.480. The zero-order valence-electron chi connectivity index (χ0n) is 7.16. The van der Waals surface area contributed by atoms with Crippen LogP contribution in [0.1, 0.15) is 13.3 Å². The summed E-state index contributed by atoms with van der Waals surface area (Å²) in [7, 11) is 0. The van der Waals surface area contributed by atoms with Gasteiger partial charge in [0.15, 0.2) is 0 Å². The molecule has 4 nitrogen and oxygen atoms in total. The third kappa shape index (κ3) is 2.53. The minimum Gasteiger partial charge on any atom is -0.444 e. The molecule has 0 radical (unpaired) electrons. The van der Waals surface area contributed by atoms with E-state index in [9.17, 15) is 4.79 Å². The molecule has 2 N–H and O–H groups in total. The average molecular weight is 195 g/mol. The van der Waals surface area contributed by atoms with E-state index in [0.29, 0.717) is 13.1 Å². The van der Waals surface area contributed by atoms with E-state index in [-0.39, 0.29) is 24.6 Å². The van der Waals surface area contributed by atoms with Crippen molar-refractivity contribution in [2.75, 3.05) is 19.6 Å². The van der Waals surface area contributed by atoms with Gasteiger partial charge in [0.05, 0.1) is 6.54 Å². The number of likely N-dealkylation sites (N-methyl/N-ethyl adjacent to an activating group) is 1. The highest BCUT2D eigenvalue weighted by Crippen LogP contribution is 2.12. The van der Waals surface area contributed by atoms with Crippen LogP contribution in [-0.2, 0) is 4.74 Å². The summed E-state index contributed by atoms with van der Waals surface area (Å²) in [5.74, 6) is 0. The lowest BCUT2D eigenvalue weighted by Crippen LogP contribution is -2.25. The van der Waals surface area contributed by atoms with E-state index in [0.717, 1.165) is 13.0 Å². The fourth-order valence-electron chi connectivity index (χ4n) is 1.17. The SMILES string of the molecule is CCN1CC(CCN)OC1=O.Cl. The second-order valence-corrected chi connectivity index (χ2v) is 2.62. The average Bonchev–Trinajstić information content (AvgIpc) is 2.32. The molecule has 1 amide bonds. The molecule has 5 heteroatoms. The number of halogens is 1. The van der Waals surface area contributed by atoms with Crippen molar-refractivity contribution in [1.29, 1.82) is 0 Å². The van der Waals surface area contributed by atoms with Crippen molar-refractivity contribution in [2.45, 2.75) is 19.4 Å². The van der Waals surface area contributed by atoms with Crippen LogP contribution in [0.2, 0.25) is 0 Å². The molecule has 0 aromatic rings. The molecule has 1 fully saturated rings. The molecule has 1 aliphatic rings. The Balaban J connectivity index is 0.00000121. The summed E-state index contributed by atoms with van der Waals surface area (Å²) in [6.07, 6.45) is 0.584. The zero-order valence-corrected chi connectivity index (χ0v) is 7.97. The molecule has 1 atom stereocenters. The molecule has 0 aromatic carbocycles. The van der Waals surface area contributed by atoms with Gasteiger partial charge in [-0.1, -0.05) is 0 Å². The van der Waals surface area contributed by atoms with Crippen molar-refractivity contribution < 1.29 is 9.53 Å². The van der Waals surface area contributed by atoms with E-state index in [1.807, 2.05) is 6.92 Å². The maximum Gasteiger partial charge on any atom is 0.410 e. The van der Waals surface area contributed by atoms with E-state index in [1.165, 1.54) is 0 Å². The van der Waals surface area contributed by atoms with Crippen LogP contribution < -0.4 is 5.73 Å². The highest BCUT2D eigenvalue weighted by molar-refractivity contribution is 5.85. The fraction of sp³-hybridized carbons (Fsp3) is 0.857. The molecule has 0 saturated carbocycles. The van der Waals surface area contributed by atoms with Gasteiger partial charge in [-0.25, -0.2) is 4.79 Å². The van der Waals surface area contributed by atoms with Gasteiger partial charge in [-0.2, -0.15) is 0 Å². The molecule has 12 heavy (non-hydrogen) atoms. The van der Waals surface area contributed by atoms with Crippen LogP contribution in [0.5, 0.6) is 0 Å². The van der Waals surface area contributed by atoms with E-state index in [1.54, 1.807) is 4.90 Å². The first kappa shape index (κ1) is 11.5. The van der Waals surface area contributed by atoms with Crippen LogP contribution in [0, 0.1) is 0 Å². The number of rotatable bonds is 3. The van der Waals surface area contributed by atoms with Crippen molar-refractivity contribution in [3.8, 4) is 0 Å². The molecule has 0 aliphatic carbocycles. The van der Waals surface area contributed by atoms with Crippen LogP contribution in [0.15, 0.2) is 0 Å². The standard InChI is InChI=1S/C7H14N2O2.ClH/c1-2-9-5-6(3-4-8)11-7(9)10;/h6H,2-5,8H2,1H3;1H. The molecule has 1 aliphatic heterocycles. The number of ether oxygens (including phenoxy) is 1. The molecule has 1 rings (SSSR count). The number of amides is 1. The first-order chi connectivity index (χ1) is 5.27. The van der Waals surface area contributed by atoms with Gasteiger partial charge in [-0.15, -0.1) is 12.4 Å². The number of hydrogen-bond donors (Lipinski definition) is 1. The molecular formula is C7H15ClN2O2. The van der Waals surface area contributed by atoms with Crippen LogP contribution in [0.3, 0.4) is 0 Å². The van der Waals surface area contributed by atoms with Crippen LogP contribution in [-0.4, -0.2) is 36.7 Å². The normalized spacial score (nSPS) is 22.0. The lowest BCUT2D eigenvalue weighted by atomic mass is 10.2. The summed E-state index contributed by atoms with van der Waals surface area (Å²) in [6, 6.07) is 0. The minimum absolute atomic E-state index is 0. The maximum atomic E-state index is 11.0. The zero-order chi connectivity index (χ0) is 8.27. The molecule has 0 bridgehead atoms. The van der Waals surface area contributed by atoms with Crippen LogP contribution >= 0.6 is 12.4 Å². The number of cyclic esters (lactones) is 1. The number of nitrogens with zero attached hydrogens (tertiary/aromatic N) is 1. The monoisotopic (exact) mass is 194 g/mol. The van der Waals surface area contributed by atoms with E-state index >= 15 is 0 Å². The highest BCUT2D eigenvalue weighted by Gasteiger charge is 2.28. The van der Waals surface area contributed by atoms with Crippen LogP contribution in [0.25, 0.3) is 0 Å². The lowest BCUT2D eigenvalue weighted by Gasteiger charge is -2.07. The summed E-state index contributed by atoms with van der Waals surface area (Å²) in [4.78, 5) is 12.6. The van der Waals surface area contributed by atoms with Gasteiger partial charge < -0.3 is 15.4 Å². The number of nitrogens with two attached hydrogens (primary N) is 1. The first-order valence-corrected chi connectivity index (χ1v) is 3.93. The van der Waals surface area contributed by atoms with E-state index in [4.69, 9.17) is 10.5 Å². The Morgan fingerprint density at radius 2 is 2.42 bits per heavy atom. The smallest absolute Gasteiger partial charge is 0.410 e. The maximum absolute atomic E-state index is 11.0. The van der Waals surface area contributed by atoms with Gasteiger partial charge in [-0.3, -0.25) is 0 Å². The number of carbonyl (C=O) groups is 1. The Morgan fingerprint density at radius 3 is 2.83 bits per heavy atom. The van der Waals surface area contributed by atoms with Gasteiger partial charge in [0, 0.05) is 6.54 Å². The van der Waals surface area contributed by atoms with Crippen LogP contribution in [0.4, 0.5) is 4.79 Å². The second kappa shape index (κ2) is 5.22. The van der Waals surface area contributed by atoms with Gasteiger partial charge in [0.1, 0.15) is 6.10 Å².